The van der Waals surface area contributed by atoms with E-state index in [2.05, 4.69) is 49.4 Å². The van der Waals surface area contributed by atoms with Gasteiger partial charge in [0.25, 0.3) is 0 Å². The predicted molar refractivity (Wildman–Crippen MR) is 83.3 cm³/mol. The van der Waals surface area contributed by atoms with Gasteiger partial charge in [0.1, 0.15) is 0 Å². The summed E-state index contributed by atoms with van der Waals surface area (Å²) in [6.45, 7) is 4.35. The third-order valence-corrected chi connectivity index (χ3v) is 5.68. The summed E-state index contributed by atoms with van der Waals surface area (Å²) in [5.41, 5.74) is 7.17. The first kappa shape index (κ1) is 14.1. The molecule has 3 heteroatoms. The Bertz CT molecular complexity index is 471. The maximum atomic E-state index is 5.91. The molecule has 110 valence electrons. The molecular formula is C17H27N3. The lowest BCUT2D eigenvalue weighted by atomic mass is 9.82. The average molecular weight is 273 g/mol. The molecule has 0 saturated carbocycles. The molecule has 1 aromatic carbocycles. The normalized spacial score (nSPS) is 31.5. The van der Waals surface area contributed by atoms with Crippen LogP contribution in [0, 0.1) is 19.8 Å². The fourth-order valence-electron chi connectivity index (χ4n) is 4.19. The van der Waals surface area contributed by atoms with Crippen molar-refractivity contribution in [3.8, 4) is 0 Å². The van der Waals surface area contributed by atoms with Gasteiger partial charge in [0.05, 0.1) is 0 Å². The van der Waals surface area contributed by atoms with Gasteiger partial charge in [-0.25, -0.2) is 0 Å². The number of benzene rings is 1. The number of nitrogens with zero attached hydrogens (tertiary/aromatic N) is 1. The Morgan fingerprint density at radius 1 is 1.15 bits per heavy atom. The topological polar surface area (TPSA) is 41.3 Å². The lowest BCUT2D eigenvalue weighted by Crippen LogP contribution is -2.45. The summed E-state index contributed by atoms with van der Waals surface area (Å²) in [6, 6.07) is 8.60. The van der Waals surface area contributed by atoms with E-state index in [1.807, 2.05) is 0 Å². The van der Waals surface area contributed by atoms with E-state index in [4.69, 9.17) is 5.84 Å². The Labute approximate surface area is 122 Å². The summed E-state index contributed by atoms with van der Waals surface area (Å²) < 4.78 is 0. The SMILES string of the molecule is Cc1ccc(C(NN)C2CC3CCC(C2)N3C)cc1C. The molecule has 0 aromatic heterocycles. The zero-order chi connectivity index (χ0) is 14.3. The molecule has 2 aliphatic rings. The monoisotopic (exact) mass is 273 g/mol. The van der Waals surface area contributed by atoms with Crippen LogP contribution in [-0.4, -0.2) is 24.0 Å². The molecule has 0 amide bonds. The highest BCUT2D eigenvalue weighted by Crippen LogP contribution is 2.42. The van der Waals surface area contributed by atoms with E-state index >= 15 is 0 Å². The minimum Gasteiger partial charge on any atom is -0.300 e. The Kier molecular flexibility index (Phi) is 3.85. The molecule has 3 rings (SSSR count). The fraction of sp³-hybridized carbons (Fsp3) is 0.647. The van der Waals surface area contributed by atoms with Crippen LogP contribution in [0.1, 0.15) is 48.4 Å². The molecule has 2 fully saturated rings. The van der Waals surface area contributed by atoms with Crippen molar-refractivity contribution in [2.45, 2.75) is 57.7 Å². The van der Waals surface area contributed by atoms with Crippen molar-refractivity contribution in [1.29, 1.82) is 0 Å². The van der Waals surface area contributed by atoms with E-state index in [9.17, 15) is 0 Å². The van der Waals surface area contributed by atoms with Crippen molar-refractivity contribution < 1.29 is 0 Å². The minimum atomic E-state index is 0.297. The number of hydrogen-bond donors (Lipinski definition) is 2. The number of fused-ring (bicyclic) bond motifs is 2. The van der Waals surface area contributed by atoms with E-state index in [1.165, 1.54) is 42.4 Å². The van der Waals surface area contributed by atoms with E-state index in [1.54, 1.807) is 0 Å². The summed E-state index contributed by atoms with van der Waals surface area (Å²) in [7, 11) is 2.29. The summed E-state index contributed by atoms with van der Waals surface area (Å²) >= 11 is 0. The van der Waals surface area contributed by atoms with E-state index in [0.717, 1.165) is 12.1 Å². The van der Waals surface area contributed by atoms with Gasteiger partial charge < -0.3 is 4.90 Å². The summed E-state index contributed by atoms with van der Waals surface area (Å²) in [5.74, 6) is 6.57. The standard InChI is InChI=1S/C17H27N3/c1-11-4-5-13(8-12(11)2)17(19-18)14-9-15-6-7-16(10-14)20(15)3/h4-5,8,14-17,19H,6-7,9-10,18H2,1-3H3. The summed E-state index contributed by atoms with van der Waals surface area (Å²) in [6.07, 6.45) is 5.27. The Hall–Kier alpha value is -0.900. The number of aryl methyl sites for hydroxylation is 2. The van der Waals surface area contributed by atoms with E-state index in [0.29, 0.717) is 12.0 Å². The van der Waals surface area contributed by atoms with Crippen LogP contribution < -0.4 is 11.3 Å². The first-order chi connectivity index (χ1) is 9.60. The third kappa shape index (κ3) is 2.39. The van der Waals surface area contributed by atoms with Crippen LogP contribution in [0.4, 0.5) is 0 Å². The van der Waals surface area contributed by atoms with Crippen LogP contribution in [0.3, 0.4) is 0 Å². The molecule has 3 nitrogen and oxygen atoms in total. The van der Waals surface area contributed by atoms with Crippen LogP contribution >= 0.6 is 0 Å². The second-order valence-corrected chi connectivity index (χ2v) is 6.77. The molecule has 3 unspecified atom stereocenters. The number of rotatable bonds is 3. The molecule has 2 saturated heterocycles. The maximum Gasteiger partial charge on any atom is 0.0489 e. The fourth-order valence-corrected chi connectivity index (χ4v) is 4.19. The van der Waals surface area contributed by atoms with E-state index < -0.39 is 0 Å². The third-order valence-electron chi connectivity index (χ3n) is 5.68. The van der Waals surface area contributed by atoms with Crippen LogP contribution in [0.2, 0.25) is 0 Å². The van der Waals surface area contributed by atoms with Crippen LogP contribution in [0.15, 0.2) is 18.2 Å². The maximum absolute atomic E-state index is 5.91. The quantitative estimate of drug-likeness (QED) is 0.657. The molecular weight excluding hydrogens is 246 g/mol. The van der Waals surface area contributed by atoms with Crippen molar-refractivity contribution in [3.05, 3.63) is 34.9 Å². The smallest absolute Gasteiger partial charge is 0.0489 e. The zero-order valence-electron chi connectivity index (χ0n) is 12.9. The lowest BCUT2D eigenvalue weighted by molar-refractivity contribution is 0.112. The van der Waals surface area contributed by atoms with Gasteiger partial charge in [-0.15, -0.1) is 0 Å². The lowest BCUT2D eigenvalue weighted by Gasteiger charge is -2.39. The van der Waals surface area contributed by atoms with Gasteiger partial charge in [0, 0.05) is 18.1 Å². The molecule has 0 aliphatic carbocycles. The van der Waals surface area contributed by atoms with Crippen LogP contribution in [0.5, 0.6) is 0 Å². The van der Waals surface area contributed by atoms with Crippen molar-refractivity contribution in [2.24, 2.45) is 11.8 Å². The second kappa shape index (κ2) is 5.47. The number of hydrazine groups is 1. The molecule has 2 aliphatic heterocycles. The highest BCUT2D eigenvalue weighted by atomic mass is 15.2. The number of piperidine rings is 1. The number of nitrogens with two attached hydrogens (primary N) is 1. The number of nitrogens with one attached hydrogen (secondary N) is 1. The second-order valence-electron chi connectivity index (χ2n) is 6.77. The van der Waals surface area contributed by atoms with E-state index in [-0.39, 0.29) is 0 Å². The predicted octanol–water partition coefficient (Wildman–Crippen LogP) is 2.68. The van der Waals surface area contributed by atoms with Gasteiger partial charge in [-0.2, -0.15) is 0 Å². The van der Waals surface area contributed by atoms with Crippen molar-refractivity contribution in [3.63, 3.8) is 0 Å². The largest absolute Gasteiger partial charge is 0.300 e. The van der Waals surface area contributed by atoms with Crippen LogP contribution in [0.25, 0.3) is 0 Å². The van der Waals surface area contributed by atoms with Crippen LogP contribution in [-0.2, 0) is 0 Å². The van der Waals surface area contributed by atoms with Gasteiger partial charge in [-0.3, -0.25) is 11.3 Å². The molecule has 3 N–H and O–H groups in total. The highest BCUT2D eigenvalue weighted by molar-refractivity contribution is 5.32. The van der Waals surface area contributed by atoms with Crippen molar-refractivity contribution in [2.75, 3.05) is 7.05 Å². The molecule has 3 atom stereocenters. The van der Waals surface area contributed by atoms with Gasteiger partial charge in [-0.05, 0) is 69.2 Å². The summed E-state index contributed by atoms with van der Waals surface area (Å²) in [5, 5.41) is 0. The zero-order valence-corrected chi connectivity index (χ0v) is 12.9. The molecule has 2 heterocycles. The van der Waals surface area contributed by atoms with Gasteiger partial charge in [0.2, 0.25) is 0 Å². The number of hydrogen-bond acceptors (Lipinski definition) is 3. The van der Waals surface area contributed by atoms with Gasteiger partial charge >= 0.3 is 0 Å². The molecule has 0 spiro atoms. The Morgan fingerprint density at radius 2 is 1.80 bits per heavy atom. The first-order valence-electron chi connectivity index (χ1n) is 7.85. The Morgan fingerprint density at radius 3 is 2.35 bits per heavy atom. The minimum absolute atomic E-state index is 0.297. The average Bonchev–Trinajstić information content (AvgIpc) is 2.65. The highest BCUT2D eigenvalue weighted by Gasteiger charge is 2.41. The van der Waals surface area contributed by atoms with Crippen molar-refractivity contribution >= 4 is 0 Å². The molecule has 0 radical (unpaired) electrons. The van der Waals surface area contributed by atoms with Gasteiger partial charge in [0.15, 0.2) is 0 Å². The Balaban J connectivity index is 1.81. The van der Waals surface area contributed by atoms with Gasteiger partial charge in [-0.1, -0.05) is 18.2 Å². The first-order valence-corrected chi connectivity index (χ1v) is 7.85. The molecule has 2 bridgehead atoms. The molecule has 20 heavy (non-hydrogen) atoms. The van der Waals surface area contributed by atoms with Crippen molar-refractivity contribution in [1.82, 2.24) is 10.3 Å². The molecule has 1 aromatic rings. The summed E-state index contributed by atoms with van der Waals surface area (Å²) in [4.78, 5) is 2.59.